The third-order valence-electron chi connectivity index (χ3n) is 4.15. The summed E-state index contributed by atoms with van der Waals surface area (Å²) in [4.78, 5) is 12.2. The van der Waals surface area contributed by atoms with Crippen molar-refractivity contribution in [1.82, 2.24) is 5.43 Å². The van der Waals surface area contributed by atoms with Crippen molar-refractivity contribution in [3.63, 3.8) is 0 Å². The van der Waals surface area contributed by atoms with Gasteiger partial charge in [-0.05, 0) is 48.7 Å². The van der Waals surface area contributed by atoms with E-state index < -0.39 is 0 Å². The van der Waals surface area contributed by atoms with Gasteiger partial charge in [-0.3, -0.25) is 4.79 Å². The van der Waals surface area contributed by atoms with E-state index in [1.807, 2.05) is 49.4 Å². The third kappa shape index (κ3) is 5.28. The van der Waals surface area contributed by atoms with Gasteiger partial charge in [0.2, 0.25) is 0 Å². The molecule has 0 aliphatic rings. The number of hydrazone groups is 1. The van der Waals surface area contributed by atoms with Crippen LogP contribution in [-0.2, 0) is 6.61 Å². The highest BCUT2D eigenvalue weighted by Gasteiger charge is 2.06. The Labute approximate surface area is 159 Å². The summed E-state index contributed by atoms with van der Waals surface area (Å²) >= 11 is 0. The highest BCUT2D eigenvalue weighted by molar-refractivity contribution is 5.96. The molecule has 27 heavy (non-hydrogen) atoms. The topological polar surface area (TPSA) is 50.7 Å². The average molecular weight is 358 g/mol. The predicted octanol–water partition coefficient (Wildman–Crippen LogP) is 4.65. The second-order valence-corrected chi connectivity index (χ2v) is 6.36. The lowest BCUT2D eigenvalue weighted by molar-refractivity contribution is 0.0954. The number of amides is 1. The van der Waals surface area contributed by atoms with Gasteiger partial charge in [-0.25, -0.2) is 5.43 Å². The Morgan fingerprint density at radius 3 is 2.56 bits per heavy atom. The fourth-order valence-corrected chi connectivity index (χ4v) is 2.59. The second kappa shape index (κ2) is 8.81. The van der Waals surface area contributed by atoms with Crippen LogP contribution in [0.4, 0.5) is 0 Å². The van der Waals surface area contributed by atoms with Gasteiger partial charge in [-0.2, -0.15) is 5.10 Å². The highest BCUT2D eigenvalue weighted by atomic mass is 16.5. The first-order valence-corrected chi connectivity index (χ1v) is 8.79. The van der Waals surface area contributed by atoms with Crippen LogP contribution in [0.5, 0.6) is 5.75 Å². The average Bonchev–Trinajstić information content (AvgIpc) is 2.68. The summed E-state index contributed by atoms with van der Waals surface area (Å²) in [5.74, 6) is 0.529. The number of nitrogens with one attached hydrogen (secondary N) is 1. The number of rotatable bonds is 6. The summed E-state index contributed by atoms with van der Waals surface area (Å²) in [6.45, 7) is 4.46. The zero-order valence-electron chi connectivity index (χ0n) is 15.5. The molecule has 3 rings (SSSR count). The van der Waals surface area contributed by atoms with Gasteiger partial charge in [-0.15, -0.1) is 0 Å². The predicted molar refractivity (Wildman–Crippen MR) is 108 cm³/mol. The fraction of sp³-hybridized carbons (Fsp3) is 0.130. The molecule has 3 aromatic rings. The number of benzene rings is 3. The molecule has 0 radical (unpaired) electrons. The van der Waals surface area contributed by atoms with Crippen LogP contribution in [-0.4, -0.2) is 12.1 Å². The van der Waals surface area contributed by atoms with Crippen molar-refractivity contribution in [2.45, 2.75) is 20.5 Å². The molecule has 1 amide bonds. The fourth-order valence-electron chi connectivity index (χ4n) is 2.59. The Kier molecular flexibility index (Phi) is 6.00. The van der Waals surface area contributed by atoms with E-state index in [1.165, 1.54) is 5.56 Å². The van der Waals surface area contributed by atoms with Crippen molar-refractivity contribution in [1.29, 1.82) is 0 Å². The Hall–Kier alpha value is -3.40. The molecule has 0 aromatic heterocycles. The minimum atomic E-state index is -0.226. The molecular formula is C23H22N2O2. The van der Waals surface area contributed by atoms with Crippen LogP contribution in [0.2, 0.25) is 0 Å². The summed E-state index contributed by atoms with van der Waals surface area (Å²) in [5, 5.41) is 4.05. The Morgan fingerprint density at radius 2 is 1.78 bits per heavy atom. The van der Waals surface area contributed by atoms with E-state index in [0.717, 1.165) is 22.4 Å². The Balaban J connectivity index is 1.58. The molecule has 0 saturated heterocycles. The Morgan fingerprint density at radius 1 is 1.00 bits per heavy atom. The van der Waals surface area contributed by atoms with Crippen LogP contribution in [0.3, 0.4) is 0 Å². The van der Waals surface area contributed by atoms with E-state index >= 15 is 0 Å². The molecule has 0 heterocycles. The molecule has 0 atom stereocenters. The lowest BCUT2D eigenvalue weighted by atomic mass is 10.1. The Bertz CT molecular complexity index is 947. The molecule has 136 valence electrons. The van der Waals surface area contributed by atoms with Crippen LogP contribution in [0.25, 0.3) is 0 Å². The largest absolute Gasteiger partial charge is 0.489 e. The first kappa shape index (κ1) is 18.4. The van der Waals surface area contributed by atoms with E-state index in [1.54, 1.807) is 12.3 Å². The van der Waals surface area contributed by atoms with Gasteiger partial charge < -0.3 is 4.74 Å². The summed E-state index contributed by atoms with van der Waals surface area (Å²) < 4.78 is 5.84. The quantitative estimate of drug-likeness (QED) is 0.515. The molecule has 0 aliphatic carbocycles. The third-order valence-corrected chi connectivity index (χ3v) is 4.15. The normalized spacial score (nSPS) is 10.7. The molecule has 0 saturated carbocycles. The summed E-state index contributed by atoms with van der Waals surface area (Å²) in [5.41, 5.74) is 7.28. The summed E-state index contributed by atoms with van der Waals surface area (Å²) in [7, 11) is 0. The van der Waals surface area contributed by atoms with Crippen LogP contribution in [0.15, 0.2) is 77.9 Å². The van der Waals surface area contributed by atoms with Crippen molar-refractivity contribution in [3.05, 3.63) is 101 Å². The molecule has 0 aliphatic heterocycles. The lowest BCUT2D eigenvalue weighted by Crippen LogP contribution is -2.18. The molecular weight excluding hydrogens is 336 g/mol. The van der Waals surface area contributed by atoms with E-state index in [2.05, 4.69) is 41.7 Å². The zero-order valence-corrected chi connectivity index (χ0v) is 15.5. The van der Waals surface area contributed by atoms with E-state index in [9.17, 15) is 4.79 Å². The van der Waals surface area contributed by atoms with E-state index in [-0.39, 0.29) is 5.91 Å². The second-order valence-electron chi connectivity index (χ2n) is 6.36. The number of hydrogen-bond donors (Lipinski definition) is 1. The highest BCUT2D eigenvalue weighted by Crippen LogP contribution is 2.15. The van der Waals surface area contributed by atoms with Gasteiger partial charge in [0, 0.05) is 5.56 Å². The number of carbonyl (C=O) groups is 1. The van der Waals surface area contributed by atoms with Gasteiger partial charge in [0.05, 0.1) is 6.21 Å². The van der Waals surface area contributed by atoms with Crippen LogP contribution in [0.1, 0.15) is 32.6 Å². The van der Waals surface area contributed by atoms with Gasteiger partial charge in [0.1, 0.15) is 12.4 Å². The summed E-state index contributed by atoms with van der Waals surface area (Å²) in [6.07, 6.45) is 1.61. The first-order valence-electron chi connectivity index (χ1n) is 8.79. The molecule has 4 nitrogen and oxygen atoms in total. The van der Waals surface area contributed by atoms with Crippen molar-refractivity contribution in [2.24, 2.45) is 5.10 Å². The SMILES string of the molecule is Cc1ccc(COc2cccc(/C=N\NC(=O)c3ccccc3C)c2)cc1. The molecule has 0 fully saturated rings. The van der Waals surface area contributed by atoms with Gasteiger partial charge in [-0.1, -0.05) is 60.2 Å². The first-order chi connectivity index (χ1) is 13.1. The number of aryl methyl sites for hydroxylation is 2. The maximum Gasteiger partial charge on any atom is 0.271 e. The van der Waals surface area contributed by atoms with Gasteiger partial charge in [0.15, 0.2) is 0 Å². The number of hydrogen-bond acceptors (Lipinski definition) is 3. The lowest BCUT2D eigenvalue weighted by Gasteiger charge is -2.07. The van der Waals surface area contributed by atoms with E-state index in [4.69, 9.17) is 4.74 Å². The van der Waals surface area contributed by atoms with Gasteiger partial charge in [0.25, 0.3) is 5.91 Å². The molecule has 0 spiro atoms. The monoisotopic (exact) mass is 358 g/mol. The molecule has 3 aromatic carbocycles. The van der Waals surface area contributed by atoms with Crippen LogP contribution >= 0.6 is 0 Å². The molecule has 0 unspecified atom stereocenters. The van der Waals surface area contributed by atoms with Crippen molar-refractivity contribution >= 4 is 12.1 Å². The minimum Gasteiger partial charge on any atom is -0.489 e. The van der Waals surface area contributed by atoms with Crippen molar-refractivity contribution in [3.8, 4) is 5.75 Å². The maximum atomic E-state index is 12.2. The standard InChI is InChI=1S/C23H22N2O2/c1-17-10-12-19(13-11-17)16-27-21-8-5-7-20(14-21)15-24-25-23(26)22-9-4-3-6-18(22)2/h3-15H,16H2,1-2H3,(H,25,26)/b24-15-. The minimum absolute atomic E-state index is 0.226. The number of ether oxygens (including phenoxy) is 1. The van der Waals surface area contributed by atoms with Crippen molar-refractivity contribution < 1.29 is 9.53 Å². The van der Waals surface area contributed by atoms with Crippen molar-refractivity contribution in [2.75, 3.05) is 0 Å². The van der Waals surface area contributed by atoms with Crippen LogP contribution < -0.4 is 10.2 Å². The maximum absolute atomic E-state index is 12.2. The molecule has 0 bridgehead atoms. The summed E-state index contributed by atoms with van der Waals surface area (Å²) in [6, 6.07) is 23.2. The van der Waals surface area contributed by atoms with Crippen LogP contribution in [0, 0.1) is 13.8 Å². The number of carbonyl (C=O) groups excluding carboxylic acids is 1. The molecule has 4 heteroatoms. The molecule has 1 N–H and O–H groups in total. The van der Waals surface area contributed by atoms with Gasteiger partial charge >= 0.3 is 0 Å². The number of nitrogens with zero attached hydrogens (tertiary/aromatic N) is 1. The van der Waals surface area contributed by atoms with E-state index in [0.29, 0.717) is 12.2 Å². The zero-order chi connectivity index (χ0) is 19.1. The smallest absolute Gasteiger partial charge is 0.271 e.